The molecular formula is C15H19ClN2O2. The Balaban J connectivity index is 2.56. The minimum Gasteiger partial charge on any atom is -0.482 e. The summed E-state index contributed by atoms with van der Waals surface area (Å²) < 4.78 is 5.34. The van der Waals surface area contributed by atoms with E-state index in [4.69, 9.17) is 28.5 Å². The third-order valence-electron chi connectivity index (χ3n) is 2.76. The summed E-state index contributed by atoms with van der Waals surface area (Å²) in [6, 6.07) is 5.57. The van der Waals surface area contributed by atoms with Crippen LogP contribution in [0.25, 0.3) is 0 Å². The zero-order chi connectivity index (χ0) is 15.0. The average Bonchev–Trinajstić information content (AvgIpc) is 2.44. The van der Waals surface area contributed by atoms with E-state index in [1.54, 1.807) is 6.07 Å². The molecule has 1 aromatic rings. The summed E-state index contributed by atoms with van der Waals surface area (Å²) in [6.45, 7) is 2.11. The number of carbonyl (C=O) groups is 1. The molecule has 20 heavy (non-hydrogen) atoms. The van der Waals surface area contributed by atoms with E-state index in [1.165, 1.54) is 0 Å². The van der Waals surface area contributed by atoms with Gasteiger partial charge in [-0.05, 0) is 30.5 Å². The Labute approximate surface area is 124 Å². The normalized spacial score (nSPS) is 11.5. The van der Waals surface area contributed by atoms with Crippen molar-refractivity contribution in [2.45, 2.75) is 25.8 Å². The van der Waals surface area contributed by atoms with Crippen molar-refractivity contribution in [3.05, 3.63) is 28.8 Å². The van der Waals surface area contributed by atoms with Crippen molar-refractivity contribution in [3.8, 4) is 18.1 Å². The lowest BCUT2D eigenvalue weighted by atomic mass is 10.0. The lowest BCUT2D eigenvalue weighted by Crippen LogP contribution is -2.29. The number of terminal acetylenes is 1. The molecule has 1 aromatic carbocycles. The second-order valence-electron chi connectivity index (χ2n) is 4.41. The van der Waals surface area contributed by atoms with Crippen molar-refractivity contribution in [1.29, 1.82) is 0 Å². The van der Waals surface area contributed by atoms with Crippen LogP contribution in [0.5, 0.6) is 5.75 Å². The van der Waals surface area contributed by atoms with Gasteiger partial charge in [-0.1, -0.05) is 30.5 Å². The molecule has 0 aromatic heterocycles. The Bertz CT molecular complexity index is 497. The number of halogens is 1. The fraction of sp³-hybridized carbons (Fsp3) is 0.400. The highest BCUT2D eigenvalue weighted by Gasteiger charge is 2.08. The van der Waals surface area contributed by atoms with Gasteiger partial charge >= 0.3 is 0 Å². The number of hydrogen-bond acceptors (Lipinski definition) is 3. The molecule has 0 heterocycles. The summed E-state index contributed by atoms with van der Waals surface area (Å²) in [4.78, 5) is 11.3. The van der Waals surface area contributed by atoms with Crippen LogP contribution in [0.3, 0.4) is 0 Å². The van der Waals surface area contributed by atoms with E-state index in [1.807, 2.05) is 19.1 Å². The second kappa shape index (κ2) is 8.47. The van der Waals surface area contributed by atoms with E-state index in [2.05, 4.69) is 11.2 Å². The molecule has 5 heteroatoms. The van der Waals surface area contributed by atoms with Crippen LogP contribution in [-0.2, 0) is 11.2 Å². The lowest BCUT2D eigenvalue weighted by Gasteiger charge is -2.11. The first-order chi connectivity index (χ1) is 9.56. The Hall–Kier alpha value is -1.70. The van der Waals surface area contributed by atoms with Gasteiger partial charge < -0.3 is 15.8 Å². The predicted octanol–water partition coefficient (Wildman–Crippen LogP) is 1.75. The molecule has 0 aliphatic carbocycles. The van der Waals surface area contributed by atoms with Gasteiger partial charge in [-0.3, -0.25) is 4.79 Å². The van der Waals surface area contributed by atoms with Crippen molar-refractivity contribution in [2.75, 3.05) is 13.2 Å². The molecule has 1 atom stereocenters. The van der Waals surface area contributed by atoms with E-state index < -0.39 is 0 Å². The molecule has 3 N–H and O–H groups in total. The molecule has 0 radical (unpaired) electrons. The smallest absolute Gasteiger partial charge is 0.258 e. The van der Waals surface area contributed by atoms with Gasteiger partial charge in [-0.25, -0.2) is 0 Å². The number of rotatable bonds is 7. The van der Waals surface area contributed by atoms with Gasteiger partial charge in [0, 0.05) is 6.04 Å². The van der Waals surface area contributed by atoms with Crippen LogP contribution < -0.4 is 15.8 Å². The summed E-state index contributed by atoms with van der Waals surface area (Å²) in [7, 11) is 0. The second-order valence-corrected chi connectivity index (χ2v) is 4.81. The SMILES string of the molecule is C#CCNC(=O)COc1ccc(CC(N)CC)cc1Cl. The van der Waals surface area contributed by atoms with Gasteiger partial charge in [0.15, 0.2) is 6.61 Å². The molecule has 0 spiro atoms. The third-order valence-corrected chi connectivity index (χ3v) is 3.06. The average molecular weight is 295 g/mol. The Morgan fingerprint density at radius 3 is 2.95 bits per heavy atom. The van der Waals surface area contributed by atoms with Gasteiger partial charge in [0.05, 0.1) is 11.6 Å². The van der Waals surface area contributed by atoms with Crippen LogP contribution in [0.2, 0.25) is 5.02 Å². The first-order valence-electron chi connectivity index (χ1n) is 6.43. The molecule has 4 nitrogen and oxygen atoms in total. The number of benzene rings is 1. The number of ether oxygens (including phenoxy) is 1. The fourth-order valence-corrected chi connectivity index (χ4v) is 1.84. The van der Waals surface area contributed by atoms with Crippen LogP contribution in [0.1, 0.15) is 18.9 Å². The quantitative estimate of drug-likeness (QED) is 0.753. The van der Waals surface area contributed by atoms with Crippen molar-refractivity contribution in [3.63, 3.8) is 0 Å². The summed E-state index contributed by atoms with van der Waals surface area (Å²) in [5.74, 6) is 2.50. The third kappa shape index (κ3) is 5.52. The minimum atomic E-state index is -0.281. The molecule has 1 unspecified atom stereocenters. The molecular weight excluding hydrogens is 276 g/mol. The number of amides is 1. The van der Waals surface area contributed by atoms with Crippen molar-refractivity contribution in [2.24, 2.45) is 5.73 Å². The zero-order valence-corrected chi connectivity index (χ0v) is 12.2. The molecule has 1 amide bonds. The predicted molar refractivity (Wildman–Crippen MR) is 80.8 cm³/mol. The van der Waals surface area contributed by atoms with E-state index >= 15 is 0 Å². The maximum atomic E-state index is 11.3. The van der Waals surface area contributed by atoms with Crippen LogP contribution in [-0.4, -0.2) is 25.1 Å². The van der Waals surface area contributed by atoms with Gasteiger partial charge in [0.25, 0.3) is 5.91 Å². The number of nitrogens with one attached hydrogen (secondary N) is 1. The van der Waals surface area contributed by atoms with Crippen molar-refractivity contribution in [1.82, 2.24) is 5.32 Å². The Kier molecular flexibility index (Phi) is 6.92. The largest absolute Gasteiger partial charge is 0.482 e. The number of carbonyl (C=O) groups excluding carboxylic acids is 1. The Morgan fingerprint density at radius 2 is 2.35 bits per heavy atom. The van der Waals surface area contributed by atoms with Crippen molar-refractivity contribution >= 4 is 17.5 Å². The first kappa shape index (κ1) is 16.4. The highest BCUT2D eigenvalue weighted by atomic mass is 35.5. The first-order valence-corrected chi connectivity index (χ1v) is 6.81. The van der Waals surface area contributed by atoms with Crippen LogP contribution in [0.4, 0.5) is 0 Å². The zero-order valence-electron chi connectivity index (χ0n) is 11.5. The highest BCUT2D eigenvalue weighted by Crippen LogP contribution is 2.26. The van der Waals surface area contributed by atoms with Crippen LogP contribution in [0, 0.1) is 12.3 Å². The molecule has 108 valence electrons. The molecule has 1 rings (SSSR count). The van der Waals surface area contributed by atoms with Crippen molar-refractivity contribution < 1.29 is 9.53 Å². The number of nitrogens with two attached hydrogens (primary N) is 1. The monoisotopic (exact) mass is 294 g/mol. The molecule has 0 aliphatic heterocycles. The summed E-state index contributed by atoms with van der Waals surface area (Å²) in [5.41, 5.74) is 6.94. The van der Waals surface area contributed by atoms with E-state index in [-0.39, 0.29) is 25.1 Å². The van der Waals surface area contributed by atoms with E-state index in [9.17, 15) is 4.79 Å². The van der Waals surface area contributed by atoms with Gasteiger partial charge in [0.1, 0.15) is 5.75 Å². The summed E-state index contributed by atoms with van der Waals surface area (Å²) in [6.07, 6.45) is 6.71. The van der Waals surface area contributed by atoms with Gasteiger partial charge in [0.2, 0.25) is 0 Å². The maximum Gasteiger partial charge on any atom is 0.258 e. The molecule has 0 aliphatic rings. The van der Waals surface area contributed by atoms with Gasteiger partial charge in [-0.15, -0.1) is 6.42 Å². The summed E-state index contributed by atoms with van der Waals surface area (Å²) >= 11 is 6.11. The van der Waals surface area contributed by atoms with Crippen LogP contribution >= 0.6 is 11.6 Å². The van der Waals surface area contributed by atoms with Gasteiger partial charge in [-0.2, -0.15) is 0 Å². The molecule has 0 bridgehead atoms. The van der Waals surface area contributed by atoms with E-state index in [0.29, 0.717) is 10.8 Å². The minimum absolute atomic E-state index is 0.116. The summed E-state index contributed by atoms with van der Waals surface area (Å²) in [5, 5.41) is 2.98. The topological polar surface area (TPSA) is 64.3 Å². The molecule has 0 fully saturated rings. The standard InChI is InChI=1S/C15H19ClN2O2/c1-3-7-18-15(19)10-20-14-6-5-11(9-13(14)16)8-12(17)4-2/h1,5-6,9,12H,4,7-8,10,17H2,2H3,(H,18,19). The van der Waals surface area contributed by atoms with Crippen LogP contribution in [0.15, 0.2) is 18.2 Å². The fourth-order valence-electron chi connectivity index (χ4n) is 1.58. The highest BCUT2D eigenvalue weighted by molar-refractivity contribution is 6.32. The lowest BCUT2D eigenvalue weighted by molar-refractivity contribution is -0.122. The Morgan fingerprint density at radius 1 is 1.60 bits per heavy atom. The van der Waals surface area contributed by atoms with E-state index in [0.717, 1.165) is 18.4 Å². The number of hydrogen-bond donors (Lipinski definition) is 2. The molecule has 0 saturated heterocycles. The molecule has 0 saturated carbocycles. The maximum absolute atomic E-state index is 11.3.